The molecule has 128 valence electrons. The minimum absolute atomic E-state index is 0.00112. The van der Waals surface area contributed by atoms with Gasteiger partial charge in [0.15, 0.2) is 0 Å². The quantitative estimate of drug-likeness (QED) is 0.319. The molecule has 2 aromatic carbocycles. The fourth-order valence-electron chi connectivity index (χ4n) is 3.05. The van der Waals surface area contributed by atoms with Crippen LogP contribution in [0, 0.1) is 10.1 Å². The summed E-state index contributed by atoms with van der Waals surface area (Å²) in [6, 6.07) is 15.4. The first kappa shape index (κ1) is 15.8. The fraction of sp³-hybridized carbons (Fsp3) is 0.0526. The van der Waals surface area contributed by atoms with Gasteiger partial charge in [-0.05, 0) is 18.2 Å². The van der Waals surface area contributed by atoms with Crippen molar-refractivity contribution in [3.05, 3.63) is 76.5 Å². The SMILES string of the molecule is COC(=O)c1cc(-c2ccc([N+](=O)[O-])cc2)n2ncc3ccccc3c12. The first-order valence-corrected chi connectivity index (χ1v) is 7.83. The Bertz CT molecular complexity index is 1160. The zero-order chi connectivity index (χ0) is 18.3. The lowest BCUT2D eigenvalue weighted by atomic mass is 10.1. The Labute approximate surface area is 147 Å². The number of hydrogen-bond donors (Lipinski definition) is 0. The average molecular weight is 347 g/mol. The fourth-order valence-corrected chi connectivity index (χ4v) is 3.05. The highest BCUT2D eigenvalue weighted by Crippen LogP contribution is 2.31. The Hall–Kier alpha value is -3.74. The first-order chi connectivity index (χ1) is 12.6. The van der Waals surface area contributed by atoms with Crippen LogP contribution in [-0.4, -0.2) is 27.6 Å². The molecule has 7 heteroatoms. The predicted molar refractivity (Wildman–Crippen MR) is 96.1 cm³/mol. The normalized spacial score (nSPS) is 11.0. The number of esters is 1. The maximum atomic E-state index is 12.3. The van der Waals surface area contributed by atoms with Gasteiger partial charge in [-0.1, -0.05) is 24.3 Å². The summed E-state index contributed by atoms with van der Waals surface area (Å²) >= 11 is 0. The number of aromatic nitrogens is 2. The summed E-state index contributed by atoms with van der Waals surface area (Å²) in [5.74, 6) is -0.464. The number of rotatable bonds is 3. The van der Waals surface area contributed by atoms with E-state index >= 15 is 0 Å². The van der Waals surface area contributed by atoms with Crippen LogP contribution in [0.3, 0.4) is 0 Å². The summed E-state index contributed by atoms with van der Waals surface area (Å²) in [6.07, 6.45) is 1.72. The summed E-state index contributed by atoms with van der Waals surface area (Å²) in [7, 11) is 1.33. The predicted octanol–water partition coefficient (Wildman–Crippen LogP) is 3.85. The van der Waals surface area contributed by atoms with Crippen LogP contribution >= 0.6 is 0 Å². The lowest BCUT2D eigenvalue weighted by Gasteiger charge is -2.05. The van der Waals surface area contributed by atoms with Gasteiger partial charge in [-0.3, -0.25) is 10.1 Å². The van der Waals surface area contributed by atoms with E-state index in [9.17, 15) is 14.9 Å². The Morgan fingerprint density at radius 3 is 2.58 bits per heavy atom. The number of ether oxygens (including phenoxy) is 1. The summed E-state index contributed by atoms with van der Waals surface area (Å²) in [6.45, 7) is 0. The van der Waals surface area contributed by atoms with Gasteiger partial charge < -0.3 is 4.74 Å². The number of fused-ring (bicyclic) bond motifs is 3. The third-order valence-corrected chi connectivity index (χ3v) is 4.28. The number of carbonyl (C=O) groups is 1. The van der Waals surface area contributed by atoms with E-state index in [1.165, 1.54) is 19.2 Å². The van der Waals surface area contributed by atoms with Gasteiger partial charge in [0.05, 0.1) is 35.0 Å². The molecule has 0 saturated carbocycles. The number of nitro benzene ring substituents is 1. The summed E-state index contributed by atoms with van der Waals surface area (Å²) in [5.41, 5.74) is 2.40. The molecule has 4 rings (SSSR count). The minimum atomic E-state index is -0.464. The van der Waals surface area contributed by atoms with E-state index in [1.807, 2.05) is 24.3 Å². The smallest absolute Gasteiger partial charge is 0.340 e. The summed E-state index contributed by atoms with van der Waals surface area (Å²) in [4.78, 5) is 22.7. The third kappa shape index (κ3) is 2.37. The monoisotopic (exact) mass is 347 g/mol. The van der Waals surface area contributed by atoms with Crippen molar-refractivity contribution in [3.63, 3.8) is 0 Å². The molecule has 0 unspecified atom stereocenters. The Kier molecular flexibility index (Phi) is 3.62. The van der Waals surface area contributed by atoms with E-state index in [0.29, 0.717) is 22.3 Å². The van der Waals surface area contributed by atoms with Gasteiger partial charge in [-0.2, -0.15) is 5.10 Å². The van der Waals surface area contributed by atoms with E-state index in [-0.39, 0.29) is 5.69 Å². The highest BCUT2D eigenvalue weighted by atomic mass is 16.6. The standard InChI is InChI=1S/C19H13N3O4/c1-26-19(23)16-10-17(12-6-8-14(9-7-12)22(24)25)21-18(16)15-5-3-2-4-13(15)11-20-21/h2-11H,1H3. The van der Waals surface area contributed by atoms with Crippen LogP contribution in [0.2, 0.25) is 0 Å². The lowest BCUT2D eigenvalue weighted by Crippen LogP contribution is -2.01. The van der Waals surface area contributed by atoms with Crippen LogP contribution in [0.4, 0.5) is 5.69 Å². The molecule has 0 aliphatic carbocycles. The van der Waals surface area contributed by atoms with Crippen LogP contribution in [0.15, 0.2) is 60.8 Å². The third-order valence-electron chi connectivity index (χ3n) is 4.28. The molecule has 0 atom stereocenters. The molecule has 0 radical (unpaired) electrons. The Balaban J connectivity index is 2.03. The molecule has 4 aromatic rings. The lowest BCUT2D eigenvalue weighted by molar-refractivity contribution is -0.384. The van der Waals surface area contributed by atoms with Crippen molar-refractivity contribution < 1.29 is 14.5 Å². The maximum absolute atomic E-state index is 12.3. The highest BCUT2D eigenvalue weighted by Gasteiger charge is 2.20. The van der Waals surface area contributed by atoms with Crippen molar-refractivity contribution in [2.45, 2.75) is 0 Å². The van der Waals surface area contributed by atoms with Crippen molar-refractivity contribution in [2.75, 3.05) is 7.11 Å². The zero-order valence-corrected chi connectivity index (χ0v) is 13.7. The van der Waals surface area contributed by atoms with Gasteiger partial charge in [0.2, 0.25) is 0 Å². The first-order valence-electron chi connectivity index (χ1n) is 7.83. The van der Waals surface area contributed by atoms with Gasteiger partial charge in [-0.15, -0.1) is 0 Å². The van der Waals surface area contributed by atoms with Gasteiger partial charge in [0, 0.05) is 28.5 Å². The van der Waals surface area contributed by atoms with Crippen molar-refractivity contribution >= 4 is 27.9 Å². The molecular weight excluding hydrogens is 334 g/mol. The van der Waals surface area contributed by atoms with Crippen molar-refractivity contribution in [1.82, 2.24) is 9.61 Å². The van der Waals surface area contributed by atoms with E-state index in [1.54, 1.807) is 28.9 Å². The highest BCUT2D eigenvalue weighted by molar-refractivity contribution is 6.09. The van der Waals surface area contributed by atoms with Crippen LogP contribution in [0.1, 0.15) is 10.4 Å². The maximum Gasteiger partial charge on any atom is 0.340 e. The Morgan fingerprint density at radius 2 is 1.88 bits per heavy atom. The van der Waals surface area contributed by atoms with Gasteiger partial charge in [-0.25, -0.2) is 9.31 Å². The number of hydrogen-bond acceptors (Lipinski definition) is 5. The van der Waals surface area contributed by atoms with Crippen LogP contribution in [-0.2, 0) is 4.74 Å². The Morgan fingerprint density at radius 1 is 1.15 bits per heavy atom. The molecule has 0 aliphatic rings. The van der Waals surface area contributed by atoms with E-state index in [2.05, 4.69) is 5.10 Å². The molecule has 2 aromatic heterocycles. The second kappa shape index (κ2) is 5.96. The van der Waals surface area contributed by atoms with Crippen molar-refractivity contribution in [3.8, 4) is 11.3 Å². The van der Waals surface area contributed by atoms with Gasteiger partial charge >= 0.3 is 5.97 Å². The van der Waals surface area contributed by atoms with Crippen LogP contribution < -0.4 is 0 Å². The number of nitrogens with zero attached hydrogens (tertiary/aromatic N) is 3. The van der Waals surface area contributed by atoms with E-state index in [0.717, 1.165) is 10.8 Å². The molecule has 0 aliphatic heterocycles. The molecule has 0 N–H and O–H groups in total. The molecule has 0 spiro atoms. The number of carbonyl (C=O) groups excluding carboxylic acids is 1. The number of nitro groups is 1. The zero-order valence-electron chi connectivity index (χ0n) is 13.7. The van der Waals surface area contributed by atoms with Crippen molar-refractivity contribution in [1.29, 1.82) is 0 Å². The molecule has 0 fully saturated rings. The molecular formula is C19H13N3O4. The summed E-state index contributed by atoms with van der Waals surface area (Å²) < 4.78 is 6.59. The second-order valence-corrected chi connectivity index (χ2v) is 5.73. The minimum Gasteiger partial charge on any atom is -0.465 e. The summed E-state index contributed by atoms with van der Waals surface area (Å²) in [5, 5.41) is 17.1. The van der Waals surface area contributed by atoms with Gasteiger partial charge in [0.25, 0.3) is 5.69 Å². The average Bonchev–Trinajstić information content (AvgIpc) is 3.07. The van der Waals surface area contributed by atoms with Gasteiger partial charge in [0.1, 0.15) is 0 Å². The van der Waals surface area contributed by atoms with Crippen LogP contribution in [0.5, 0.6) is 0 Å². The van der Waals surface area contributed by atoms with E-state index in [4.69, 9.17) is 4.74 Å². The molecule has 2 heterocycles. The van der Waals surface area contributed by atoms with Crippen molar-refractivity contribution in [2.24, 2.45) is 0 Å². The van der Waals surface area contributed by atoms with E-state index < -0.39 is 10.9 Å². The number of methoxy groups -OCH3 is 1. The largest absolute Gasteiger partial charge is 0.465 e. The molecule has 0 amide bonds. The molecule has 7 nitrogen and oxygen atoms in total. The molecule has 0 saturated heterocycles. The number of benzene rings is 2. The number of non-ortho nitro benzene ring substituents is 1. The second-order valence-electron chi connectivity index (χ2n) is 5.73. The topological polar surface area (TPSA) is 86.7 Å². The molecule has 26 heavy (non-hydrogen) atoms. The van der Waals surface area contributed by atoms with Crippen LogP contribution in [0.25, 0.3) is 27.5 Å². The molecule has 0 bridgehead atoms.